The largest absolute Gasteiger partial charge is 0.334 e. The smallest absolute Gasteiger partial charge is 0.259 e. The first-order valence-corrected chi connectivity index (χ1v) is 8.27. The SMILES string of the molecule is Cc1ccc(Br)c(-c2nc(C3(N)CCCCCC3)no2)c1. The predicted octanol–water partition coefficient (Wildman–Crippen LogP) is 4.32. The van der Waals surface area contributed by atoms with Gasteiger partial charge in [0.25, 0.3) is 5.89 Å². The van der Waals surface area contributed by atoms with Gasteiger partial charge in [-0.05, 0) is 47.8 Å². The molecular formula is C16H20BrN3O. The fourth-order valence-electron chi connectivity index (χ4n) is 2.92. The molecule has 0 radical (unpaired) electrons. The summed E-state index contributed by atoms with van der Waals surface area (Å²) in [5.41, 5.74) is 8.19. The second-order valence-electron chi connectivity index (χ2n) is 5.98. The Kier molecular flexibility index (Phi) is 4.13. The molecule has 0 aliphatic heterocycles. The van der Waals surface area contributed by atoms with Crippen molar-refractivity contribution in [3.63, 3.8) is 0 Å². The quantitative estimate of drug-likeness (QED) is 0.820. The molecule has 4 nitrogen and oxygen atoms in total. The Balaban J connectivity index is 1.94. The Labute approximate surface area is 133 Å². The van der Waals surface area contributed by atoms with E-state index in [-0.39, 0.29) is 0 Å². The maximum absolute atomic E-state index is 6.54. The van der Waals surface area contributed by atoms with Crippen LogP contribution < -0.4 is 5.73 Å². The van der Waals surface area contributed by atoms with Crippen molar-refractivity contribution in [3.05, 3.63) is 34.1 Å². The fraction of sp³-hybridized carbons (Fsp3) is 0.500. The van der Waals surface area contributed by atoms with Gasteiger partial charge in [0.15, 0.2) is 5.82 Å². The van der Waals surface area contributed by atoms with Crippen molar-refractivity contribution in [1.82, 2.24) is 10.1 Å². The lowest BCUT2D eigenvalue weighted by molar-refractivity contribution is 0.334. The summed E-state index contributed by atoms with van der Waals surface area (Å²) in [4.78, 5) is 4.59. The molecule has 5 heteroatoms. The molecule has 1 heterocycles. The van der Waals surface area contributed by atoms with E-state index in [0.29, 0.717) is 11.7 Å². The minimum Gasteiger partial charge on any atom is -0.334 e. The molecule has 0 spiro atoms. The van der Waals surface area contributed by atoms with Crippen LogP contribution in [-0.4, -0.2) is 10.1 Å². The van der Waals surface area contributed by atoms with E-state index in [4.69, 9.17) is 10.3 Å². The molecule has 1 saturated carbocycles. The lowest BCUT2D eigenvalue weighted by atomic mass is 9.91. The Morgan fingerprint density at radius 3 is 2.62 bits per heavy atom. The summed E-state index contributed by atoms with van der Waals surface area (Å²) in [7, 11) is 0. The number of benzene rings is 1. The first-order valence-electron chi connectivity index (χ1n) is 7.48. The number of aromatic nitrogens is 2. The van der Waals surface area contributed by atoms with Crippen molar-refractivity contribution >= 4 is 15.9 Å². The standard InChI is InChI=1S/C16H20BrN3O/c1-11-6-7-13(17)12(10-11)14-19-15(20-21-14)16(18)8-4-2-3-5-9-16/h6-7,10H,2-5,8-9,18H2,1H3. The summed E-state index contributed by atoms with van der Waals surface area (Å²) < 4.78 is 6.43. The lowest BCUT2D eigenvalue weighted by Gasteiger charge is -2.23. The topological polar surface area (TPSA) is 64.9 Å². The summed E-state index contributed by atoms with van der Waals surface area (Å²) in [5.74, 6) is 1.18. The van der Waals surface area contributed by atoms with Gasteiger partial charge in [0.2, 0.25) is 0 Å². The van der Waals surface area contributed by atoms with Gasteiger partial charge in [0.1, 0.15) is 0 Å². The van der Waals surface area contributed by atoms with Gasteiger partial charge in [-0.15, -0.1) is 0 Å². The molecule has 1 aliphatic carbocycles. The summed E-state index contributed by atoms with van der Waals surface area (Å²) in [6.45, 7) is 2.04. The Hall–Kier alpha value is -1.20. The zero-order valence-electron chi connectivity index (χ0n) is 12.2. The summed E-state index contributed by atoms with van der Waals surface area (Å²) in [6.07, 6.45) is 6.62. The van der Waals surface area contributed by atoms with Crippen LogP contribution in [0.5, 0.6) is 0 Å². The van der Waals surface area contributed by atoms with Crippen molar-refractivity contribution in [2.24, 2.45) is 5.73 Å². The lowest BCUT2D eigenvalue weighted by Crippen LogP contribution is -2.37. The van der Waals surface area contributed by atoms with Crippen LogP contribution in [0.2, 0.25) is 0 Å². The van der Waals surface area contributed by atoms with Gasteiger partial charge in [-0.2, -0.15) is 4.98 Å². The number of halogens is 1. The monoisotopic (exact) mass is 349 g/mol. The van der Waals surface area contributed by atoms with E-state index in [1.807, 2.05) is 25.1 Å². The van der Waals surface area contributed by atoms with E-state index in [2.05, 4.69) is 26.1 Å². The Morgan fingerprint density at radius 2 is 1.90 bits per heavy atom. The highest BCUT2D eigenvalue weighted by atomic mass is 79.9. The molecule has 1 aliphatic rings. The van der Waals surface area contributed by atoms with Crippen molar-refractivity contribution in [3.8, 4) is 11.5 Å². The molecule has 1 aromatic heterocycles. The van der Waals surface area contributed by atoms with Gasteiger partial charge in [0.05, 0.1) is 11.1 Å². The van der Waals surface area contributed by atoms with Gasteiger partial charge in [0, 0.05) is 4.47 Å². The van der Waals surface area contributed by atoms with Gasteiger partial charge in [-0.1, -0.05) is 42.5 Å². The van der Waals surface area contributed by atoms with Gasteiger partial charge < -0.3 is 10.3 Å². The molecule has 0 amide bonds. The zero-order valence-corrected chi connectivity index (χ0v) is 13.8. The molecule has 2 aromatic rings. The van der Waals surface area contributed by atoms with Crippen LogP contribution in [0.3, 0.4) is 0 Å². The number of nitrogens with zero attached hydrogens (tertiary/aromatic N) is 2. The molecule has 112 valence electrons. The van der Waals surface area contributed by atoms with Crippen molar-refractivity contribution in [1.29, 1.82) is 0 Å². The highest BCUT2D eigenvalue weighted by Gasteiger charge is 2.33. The first-order chi connectivity index (χ1) is 10.1. The van der Waals surface area contributed by atoms with E-state index in [0.717, 1.165) is 41.3 Å². The molecule has 0 bridgehead atoms. The van der Waals surface area contributed by atoms with Crippen LogP contribution in [0.25, 0.3) is 11.5 Å². The van der Waals surface area contributed by atoms with Crippen LogP contribution in [-0.2, 0) is 5.54 Å². The van der Waals surface area contributed by atoms with E-state index >= 15 is 0 Å². The third kappa shape index (κ3) is 3.04. The van der Waals surface area contributed by atoms with Crippen molar-refractivity contribution < 1.29 is 4.52 Å². The van der Waals surface area contributed by atoms with Gasteiger partial charge >= 0.3 is 0 Å². The van der Waals surface area contributed by atoms with E-state index in [1.165, 1.54) is 12.8 Å². The molecule has 0 atom stereocenters. The second-order valence-corrected chi connectivity index (χ2v) is 6.83. The second kappa shape index (κ2) is 5.89. The number of aryl methyl sites for hydroxylation is 1. The number of nitrogens with two attached hydrogens (primary N) is 1. The first kappa shape index (κ1) is 14.7. The zero-order chi connectivity index (χ0) is 14.9. The van der Waals surface area contributed by atoms with E-state index in [1.54, 1.807) is 0 Å². The van der Waals surface area contributed by atoms with Crippen LogP contribution in [0.15, 0.2) is 27.2 Å². The number of hydrogen-bond donors (Lipinski definition) is 1. The minimum absolute atomic E-state index is 0.436. The summed E-state index contributed by atoms with van der Waals surface area (Å²) in [5, 5.41) is 4.17. The maximum Gasteiger partial charge on any atom is 0.259 e. The van der Waals surface area contributed by atoms with Crippen LogP contribution in [0, 0.1) is 6.92 Å². The Bertz CT molecular complexity index is 630. The van der Waals surface area contributed by atoms with Crippen LogP contribution >= 0.6 is 15.9 Å². The molecule has 0 unspecified atom stereocenters. The normalized spacial score (nSPS) is 18.4. The molecule has 3 rings (SSSR count). The minimum atomic E-state index is -0.436. The number of hydrogen-bond acceptors (Lipinski definition) is 4. The van der Waals surface area contributed by atoms with Crippen molar-refractivity contribution in [2.45, 2.75) is 51.0 Å². The maximum atomic E-state index is 6.54. The third-order valence-corrected chi connectivity index (χ3v) is 4.91. The highest BCUT2D eigenvalue weighted by molar-refractivity contribution is 9.10. The van der Waals surface area contributed by atoms with Gasteiger partial charge in [-0.25, -0.2) is 0 Å². The molecular weight excluding hydrogens is 330 g/mol. The van der Waals surface area contributed by atoms with Gasteiger partial charge in [-0.3, -0.25) is 0 Å². The third-order valence-electron chi connectivity index (χ3n) is 4.22. The van der Waals surface area contributed by atoms with E-state index in [9.17, 15) is 0 Å². The molecule has 0 saturated heterocycles. The fourth-order valence-corrected chi connectivity index (χ4v) is 3.34. The van der Waals surface area contributed by atoms with Crippen LogP contribution in [0.4, 0.5) is 0 Å². The Morgan fingerprint density at radius 1 is 1.19 bits per heavy atom. The summed E-state index contributed by atoms with van der Waals surface area (Å²) >= 11 is 3.54. The average Bonchev–Trinajstić information content (AvgIpc) is 2.86. The van der Waals surface area contributed by atoms with Crippen molar-refractivity contribution in [2.75, 3.05) is 0 Å². The molecule has 1 fully saturated rings. The molecule has 1 aromatic carbocycles. The highest BCUT2D eigenvalue weighted by Crippen LogP contribution is 2.34. The summed E-state index contributed by atoms with van der Waals surface area (Å²) in [6, 6.07) is 6.08. The molecule has 21 heavy (non-hydrogen) atoms. The van der Waals surface area contributed by atoms with E-state index < -0.39 is 5.54 Å². The number of rotatable bonds is 2. The molecule has 2 N–H and O–H groups in total. The predicted molar refractivity (Wildman–Crippen MR) is 85.7 cm³/mol. The van der Waals surface area contributed by atoms with Crippen LogP contribution in [0.1, 0.15) is 49.9 Å². The average molecular weight is 350 g/mol.